The van der Waals surface area contributed by atoms with Crippen molar-refractivity contribution in [1.82, 2.24) is 5.32 Å². The maximum atomic E-state index is 11.3. The highest BCUT2D eigenvalue weighted by molar-refractivity contribution is 5.76. The molecule has 0 aliphatic heterocycles. The zero-order valence-corrected chi connectivity index (χ0v) is 9.50. The van der Waals surface area contributed by atoms with E-state index in [1.54, 1.807) is 0 Å². The first-order chi connectivity index (χ1) is 6.81. The van der Waals surface area contributed by atoms with E-state index in [0.717, 1.165) is 0 Å². The summed E-state index contributed by atoms with van der Waals surface area (Å²) < 4.78 is 4.76. The zero-order valence-electron chi connectivity index (χ0n) is 9.50. The summed E-state index contributed by atoms with van der Waals surface area (Å²) in [6, 6.07) is 0. The van der Waals surface area contributed by atoms with Crippen molar-refractivity contribution in [3.63, 3.8) is 0 Å². The van der Waals surface area contributed by atoms with Crippen LogP contribution in [0.2, 0.25) is 0 Å². The molecule has 0 fully saturated rings. The summed E-state index contributed by atoms with van der Waals surface area (Å²) in [5, 5.41) is 10.9. The average Bonchev–Trinajstić information content (AvgIpc) is 1.99. The maximum Gasteiger partial charge on any atom is 0.329 e. The van der Waals surface area contributed by atoms with Crippen molar-refractivity contribution in [1.29, 1.82) is 0 Å². The molecule has 88 valence electrons. The number of carbonyl (C=O) groups is 2. The fourth-order valence-electron chi connectivity index (χ4n) is 0.966. The molecule has 0 aromatic carbocycles. The molecular weight excluding hydrogens is 198 g/mol. The molecule has 5 nitrogen and oxygen atoms in total. The largest absolute Gasteiger partial charge is 0.480 e. The number of rotatable bonds is 6. The van der Waals surface area contributed by atoms with Gasteiger partial charge in [-0.1, -0.05) is 20.8 Å². The predicted molar refractivity (Wildman–Crippen MR) is 55.5 cm³/mol. The molecule has 1 amide bonds. The van der Waals surface area contributed by atoms with E-state index < -0.39 is 5.97 Å². The van der Waals surface area contributed by atoms with Gasteiger partial charge in [0.2, 0.25) is 5.91 Å². The second-order valence-electron chi connectivity index (χ2n) is 4.53. The predicted octanol–water partition coefficient (Wildman–Crippen LogP) is 0.640. The molecule has 0 atom stereocenters. The number of nitrogens with one attached hydrogen (secondary N) is 1. The Balaban J connectivity index is 3.44. The van der Waals surface area contributed by atoms with Crippen molar-refractivity contribution in [3.05, 3.63) is 0 Å². The van der Waals surface area contributed by atoms with Gasteiger partial charge in [0.1, 0.15) is 6.61 Å². The normalized spacial score (nSPS) is 11.1. The van der Waals surface area contributed by atoms with Gasteiger partial charge in [-0.3, -0.25) is 4.79 Å². The van der Waals surface area contributed by atoms with Crippen molar-refractivity contribution in [2.24, 2.45) is 5.41 Å². The highest BCUT2D eigenvalue weighted by atomic mass is 16.5. The van der Waals surface area contributed by atoms with Crippen LogP contribution in [0.5, 0.6) is 0 Å². The summed E-state index contributed by atoms with van der Waals surface area (Å²) in [6.07, 6.45) is 0.450. The standard InChI is InChI=1S/C10H19NO4/c1-10(2,3)6-8(12)11-4-5-15-7-9(13)14/h4-7H2,1-3H3,(H,11,12)(H,13,14). The molecule has 0 aromatic rings. The van der Waals surface area contributed by atoms with Crippen molar-refractivity contribution < 1.29 is 19.4 Å². The first kappa shape index (κ1) is 13.9. The van der Waals surface area contributed by atoms with Gasteiger partial charge in [0, 0.05) is 13.0 Å². The molecule has 2 N–H and O–H groups in total. The van der Waals surface area contributed by atoms with Gasteiger partial charge < -0.3 is 15.2 Å². The van der Waals surface area contributed by atoms with Crippen LogP contribution in [0.15, 0.2) is 0 Å². The number of hydrogen-bond donors (Lipinski definition) is 2. The van der Waals surface area contributed by atoms with E-state index in [-0.39, 0.29) is 24.5 Å². The molecule has 0 bridgehead atoms. The van der Waals surface area contributed by atoms with Crippen molar-refractivity contribution in [2.45, 2.75) is 27.2 Å². The SMILES string of the molecule is CC(C)(C)CC(=O)NCCOCC(=O)O. The van der Waals surface area contributed by atoms with Gasteiger partial charge in [-0.2, -0.15) is 0 Å². The Labute approximate surface area is 89.8 Å². The van der Waals surface area contributed by atoms with E-state index in [1.807, 2.05) is 20.8 Å². The average molecular weight is 217 g/mol. The minimum Gasteiger partial charge on any atom is -0.480 e. The third-order valence-electron chi connectivity index (χ3n) is 1.48. The van der Waals surface area contributed by atoms with Gasteiger partial charge >= 0.3 is 5.97 Å². The van der Waals surface area contributed by atoms with Gasteiger partial charge in [0.05, 0.1) is 6.61 Å². The molecule has 0 heterocycles. The molecule has 0 aliphatic rings. The molecule has 0 unspecified atom stereocenters. The van der Waals surface area contributed by atoms with Gasteiger partial charge in [0.15, 0.2) is 0 Å². The van der Waals surface area contributed by atoms with Crippen LogP contribution < -0.4 is 5.32 Å². The van der Waals surface area contributed by atoms with Gasteiger partial charge in [-0.15, -0.1) is 0 Å². The van der Waals surface area contributed by atoms with Crippen molar-refractivity contribution >= 4 is 11.9 Å². The van der Waals surface area contributed by atoms with E-state index in [1.165, 1.54) is 0 Å². The summed E-state index contributed by atoms with van der Waals surface area (Å²) in [6.45, 7) is 6.19. The van der Waals surface area contributed by atoms with E-state index in [2.05, 4.69) is 5.32 Å². The van der Waals surface area contributed by atoms with Crippen molar-refractivity contribution in [2.75, 3.05) is 19.8 Å². The zero-order chi connectivity index (χ0) is 11.9. The minimum atomic E-state index is -1.00. The van der Waals surface area contributed by atoms with Gasteiger partial charge in [-0.05, 0) is 5.41 Å². The Kier molecular flexibility index (Phi) is 5.93. The van der Waals surface area contributed by atoms with Crippen LogP contribution in [0.4, 0.5) is 0 Å². The Bertz CT molecular complexity index is 220. The maximum absolute atomic E-state index is 11.3. The fourth-order valence-corrected chi connectivity index (χ4v) is 0.966. The molecule has 5 heteroatoms. The second kappa shape index (κ2) is 6.40. The third kappa shape index (κ3) is 10.8. The molecule has 15 heavy (non-hydrogen) atoms. The Morgan fingerprint density at radius 3 is 2.40 bits per heavy atom. The van der Waals surface area contributed by atoms with Gasteiger partial charge in [0.25, 0.3) is 0 Å². The van der Waals surface area contributed by atoms with Crippen LogP contribution >= 0.6 is 0 Å². The molecule has 0 saturated carbocycles. The second-order valence-corrected chi connectivity index (χ2v) is 4.53. The first-order valence-electron chi connectivity index (χ1n) is 4.87. The Morgan fingerprint density at radius 2 is 1.93 bits per heavy atom. The molecule has 0 rings (SSSR count). The van der Waals surface area contributed by atoms with Crippen LogP contribution in [0, 0.1) is 5.41 Å². The number of ether oxygens (including phenoxy) is 1. The van der Waals surface area contributed by atoms with Gasteiger partial charge in [-0.25, -0.2) is 4.79 Å². The lowest BCUT2D eigenvalue weighted by atomic mass is 9.92. The molecule has 0 saturated heterocycles. The summed E-state index contributed by atoms with van der Waals surface area (Å²) >= 11 is 0. The summed E-state index contributed by atoms with van der Waals surface area (Å²) in [5.74, 6) is -1.04. The third-order valence-corrected chi connectivity index (χ3v) is 1.48. The Morgan fingerprint density at radius 1 is 1.33 bits per heavy atom. The number of amides is 1. The quantitative estimate of drug-likeness (QED) is 0.640. The van der Waals surface area contributed by atoms with E-state index in [4.69, 9.17) is 9.84 Å². The van der Waals surface area contributed by atoms with Crippen LogP contribution in [-0.4, -0.2) is 36.7 Å². The lowest BCUT2D eigenvalue weighted by Crippen LogP contribution is -2.30. The topological polar surface area (TPSA) is 75.6 Å². The monoisotopic (exact) mass is 217 g/mol. The van der Waals surface area contributed by atoms with E-state index in [9.17, 15) is 9.59 Å². The lowest BCUT2D eigenvalue weighted by Gasteiger charge is -2.17. The van der Waals surface area contributed by atoms with E-state index >= 15 is 0 Å². The lowest BCUT2D eigenvalue weighted by molar-refractivity contribution is -0.142. The number of aliphatic carboxylic acids is 1. The highest BCUT2D eigenvalue weighted by Crippen LogP contribution is 2.17. The molecular formula is C10H19NO4. The smallest absolute Gasteiger partial charge is 0.329 e. The molecule has 0 aliphatic carbocycles. The van der Waals surface area contributed by atoms with E-state index in [0.29, 0.717) is 13.0 Å². The van der Waals surface area contributed by atoms with Crippen LogP contribution in [-0.2, 0) is 14.3 Å². The summed E-state index contributed by atoms with van der Waals surface area (Å²) in [4.78, 5) is 21.3. The van der Waals surface area contributed by atoms with Crippen LogP contribution in [0.3, 0.4) is 0 Å². The number of carboxylic acids is 1. The Hall–Kier alpha value is -1.10. The number of carboxylic acid groups (broad SMARTS) is 1. The van der Waals surface area contributed by atoms with Crippen LogP contribution in [0.25, 0.3) is 0 Å². The fraction of sp³-hybridized carbons (Fsp3) is 0.800. The van der Waals surface area contributed by atoms with Crippen molar-refractivity contribution in [3.8, 4) is 0 Å². The molecule has 0 spiro atoms. The number of hydrogen-bond acceptors (Lipinski definition) is 3. The molecule has 0 aromatic heterocycles. The number of carbonyl (C=O) groups excluding carboxylic acids is 1. The van der Waals surface area contributed by atoms with Crippen LogP contribution in [0.1, 0.15) is 27.2 Å². The molecule has 0 radical (unpaired) electrons. The first-order valence-corrected chi connectivity index (χ1v) is 4.87. The summed E-state index contributed by atoms with van der Waals surface area (Å²) in [5.41, 5.74) is -0.0357. The minimum absolute atomic E-state index is 0.0357. The highest BCUT2D eigenvalue weighted by Gasteiger charge is 2.15. The summed E-state index contributed by atoms with van der Waals surface area (Å²) in [7, 11) is 0.